The highest BCUT2D eigenvalue weighted by atomic mass is 32.2. The van der Waals surface area contributed by atoms with Crippen molar-refractivity contribution < 1.29 is 8.42 Å². The van der Waals surface area contributed by atoms with E-state index in [1.807, 2.05) is 0 Å². The molecule has 5 heteroatoms. The molecule has 0 aromatic carbocycles. The van der Waals surface area contributed by atoms with E-state index in [0.29, 0.717) is 17.6 Å². The summed E-state index contributed by atoms with van der Waals surface area (Å²) in [6, 6.07) is 0. The van der Waals surface area contributed by atoms with Crippen LogP contribution in [0.15, 0.2) is 0 Å². The van der Waals surface area contributed by atoms with Crippen LogP contribution in [0.1, 0.15) is 58.3 Å². The van der Waals surface area contributed by atoms with Crippen LogP contribution in [-0.4, -0.2) is 44.7 Å². The quantitative estimate of drug-likeness (QED) is 0.735. The highest BCUT2D eigenvalue weighted by molar-refractivity contribution is 7.89. The summed E-state index contributed by atoms with van der Waals surface area (Å²) in [5.41, 5.74) is 0. The summed E-state index contributed by atoms with van der Waals surface area (Å²) < 4.78 is 26.8. The van der Waals surface area contributed by atoms with Gasteiger partial charge in [0.1, 0.15) is 0 Å². The van der Waals surface area contributed by atoms with Crippen molar-refractivity contribution in [3.8, 4) is 0 Å². The first kappa shape index (κ1) is 17.2. The first-order chi connectivity index (χ1) is 10.1. The minimum atomic E-state index is -3.02. The Hall–Kier alpha value is -0.130. The second kappa shape index (κ2) is 8.49. The fraction of sp³-hybridized carbons (Fsp3) is 1.00. The zero-order chi connectivity index (χ0) is 15.1. The van der Waals surface area contributed by atoms with Gasteiger partial charge in [0.25, 0.3) is 0 Å². The van der Waals surface area contributed by atoms with Gasteiger partial charge < -0.3 is 5.32 Å². The number of piperidine rings is 1. The lowest BCUT2D eigenvalue weighted by Gasteiger charge is -2.33. The van der Waals surface area contributed by atoms with Crippen LogP contribution in [0.3, 0.4) is 0 Å². The number of hydrogen-bond acceptors (Lipinski definition) is 3. The Bertz CT molecular complexity index is 383. The standard InChI is InChI=1S/C16H32N2O2S/c1-2-10-17-13-15-8-11-18(12-9-15)21(19,20)14-16-6-4-3-5-7-16/h15-17H,2-14H2,1H3. The van der Waals surface area contributed by atoms with E-state index in [1.54, 1.807) is 4.31 Å². The van der Waals surface area contributed by atoms with Crippen LogP contribution in [-0.2, 0) is 10.0 Å². The van der Waals surface area contributed by atoms with Crippen molar-refractivity contribution in [3.63, 3.8) is 0 Å². The Morgan fingerprint density at radius 1 is 1.00 bits per heavy atom. The molecule has 0 radical (unpaired) electrons. The van der Waals surface area contributed by atoms with Gasteiger partial charge in [-0.2, -0.15) is 0 Å². The van der Waals surface area contributed by atoms with Gasteiger partial charge in [0.05, 0.1) is 5.75 Å². The SMILES string of the molecule is CCCNCC1CCN(S(=O)(=O)CC2CCCCC2)CC1. The Balaban J connectivity index is 1.74. The maximum absolute atomic E-state index is 12.5. The molecule has 0 aromatic heterocycles. The van der Waals surface area contributed by atoms with E-state index in [9.17, 15) is 8.42 Å². The predicted molar refractivity (Wildman–Crippen MR) is 87.8 cm³/mol. The highest BCUT2D eigenvalue weighted by Crippen LogP contribution is 2.27. The minimum Gasteiger partial charge on any atom is -0.316 e. The largest absolute Gasteiger partial charge is 0.316 e. The molecular formula is C16H32N2O2S. The van der Waals surface area contributed by atoms with Crippen LogP contribution < -0.4 is 5.32 Å². The Morgan fingerprint density at radius 3 is 2.29 bits per heavy atom. The predicted octanol–water partition coefficient (Wildman–Crippen LogP) is 2.61. The van der Waals surface area contributed by atoms with Gasteiger partial charge in [-0.1, -0.05) is 26.2 Å². The van der Waals surface area contributed by atoms with E-state index in [2.05, 4.69) is 12.2 Å². The molecule has 0 aromatic rings. The van der Waals surface area contributed by atoms with E-state index in [1.165, 1.54) is 19.3 Å². The van der Waals surface area contributed by atoms with Gasteiger partial charge in [0, 0.05) is 13.1 Å². The van der Waals surface area contributed by atoms with Crippen molar-refractivity contribution >= 4 is 10.0 Å². The third kappa shape index (κ3) is 5.53. The maximum atomic E-state index is 12.5. The second-order valence-electron chi connectivity index (χ2n) is 6.83. The van der Waals surface area contributed by atoms with Crippen molar-refractivity contribution in [1.82, 2.24) is 9.62 Å². The molecule has 1 saturated heterocycles. The van der Waals surface area contributed by atoms with E-state index >= 15 is 0 Å². The number of nitrogens with one attached hydrogen (secondary N) is 1. The summed E-state index contributed by atoms with van der Waals surface area (Å²) in [6.07, 6.45) is 9.12. The molecule has 0 bridgehead atoms. The third-order valence-electron chi connectivity index (χ3n) is 5.00. The fourth-order valence-electron chi connectivity index (χ4n) is 3.63. The number of nitrogens with zero attached hydrogens (tertiary/aromatic N) is 1. The molecule has 0 unspecified atom stereocenters. The van der Waals surface area contributed by atoms with Gasteiger partial charge in [-0.25, -0.2) is 12.7 Å². The van der Waals surface area contributed by atoms with Gasteiger partial charge in [-0.15, -0.1) is 0 Å². The molecule has 0 amide bonds. The van der Waals surface area contributed by atoms with Crippen molar-refractivity contribution in [2.24, 2.45) is 11.8 Å². The highest BCUT2D eigenvalue weighted by Gasteiger charge is 2.30. The summed E-state index contributed by atoms with van der Waals surface area (Å²) in [5, 5.41) is 3.46. The molecule has 0 spiro atoms. The summed E-state index contributed by atoms with van der Waals surface area (Å²) in [6.45, 7) is 5.75. The third-order valence-corrected chi connectivity index (χ3v) is 7.04. The maximum Gasteiger partial charge on any atom is 0.214 e. The van der Waals surface area contributed by atoms with Crippen LogP contribution in [0.2, 0.25) is 0 Å². The molecule has 21 heavy (non-hydrogen) atoms. The van der Waals surface area contributed by atoms with Crippen LogP contribution >= 0.6 is 0 Å². The lowest BCUT2D eigenvalue weighted by atomic mass is 9.91. The summed E-state index contributed by atoms with van der Waals surface area (Å²) in [5.74, 6) is 1.46. The zero-order valence-corrected chi connectivity index (χ0v) is 14.3. The molecule has 1 saturated carbocycles. The number of sulfonamides is 1. The number of rotatable bonds is 7. The number of hydrogen-bond donors (Lipinski definition) is 1. The first-order valence-electron chi connectivity index (χ1n) is 8.80. The Kier molecular flexibility index (Phi) is 6.96. The van der Waals surface area contributed by atoms with E-state index < -0.39 is 10.0 Å². The van der Waals surface area contributed by atoms with Crippen molar-refractivity contribution in [2.45, 2.75) is 58.3 Å². The van der Waals surface area contributed by atoms with E-state index in [-0.39, 0.29) is 0 Å². The molecule has 1 N–H and O–H groups in total. The zero-order valence-electron chi connectivity index (χ0n) is 13.5. The topological polar surface area (TPSA) is 49.4 Å². The minimum absolute atomic E-state index is 0.395. The van der Waals surface area contributed by atoms with Crippen LogP contribution in [0.25, 0.3) is 0 Å². The van der Waals surface area contributed by atoms with Gasteiger partial charge in [-0.05, 0) is 57.0 Å². The molecule has 0 atom stereocenters. The molecular weight excluding hydrogens is 284 g/mol. The van der Waals surface area contributed by atoms with Gasteiger partial charge in [0.15, 0.2) is 0 Å². The summed E-state index contributed by atoms with van der Waals surface area (Å²) >= 11 is 0. The van der Waals surface area contributed by atoms with Crippen molar-refractivity contribution in [1.29, 1.82) is 0 Å². The Morgan fingerprint density at radius 2 is 1.67 bits per heavy atom. The van der Waals surface area contributed by atoms with Crippen LogP contribution in [0.5, 0.6) is 0 Å². The molecule has 2 fully saturated rings. The molecule has 1 aliphatic carbocycles. The smallest absolute Gasteiger partial charge is 0.214 e. The van der Waals surface area contributed by atoms with Gasteiger partial charge >= 0.3 is 0 Å². The first-order valence-corrected chi connectivity index (χ1v) is 10.4. The normalized spacial score (nSPS) is 23.5. The molecule has 2 rings (SSSR count). The summed E-state index contributed by atoms with van der Waals surface area (Å²) in [4.78, 5) is 0. The van der Waals surface area contributed by atoms with Crippen LogP contribution in [0, 0.1) is 11.8 Å². The average molecular weight is 317 g/mol. The molecule has 2 aliphatic rings. The monoisotopic (exact) mass is 316 g/mol. The van der Waals surface area contributed by atoms with Gasteiger partial charge in [-0.3, -0.25) is 0 Å². The lowest BCUT2D eigenvalue weighted by molar-refractivity contribution is 0.264. The van der Waals surface area contributed by atoms with E-state index in [0.717, 1.165) is 58.3 Å². The average Bonchev–Trinajstić information content (AvgIpc) is 2.49. The fourth-order valence-corrected chi connectivity index (χ4v) is 5.54. The van der Waals surface area contributed by atoms with Gasteiger partial charge in [0.2, 0.25) is 10.0 Å². The summed E-state index contributed by atoms with van der Waals surface area (Å²) in [7, 11) is -3.02. The second-order valence-corrected chi connectivity index (χ2v) is 8.84. The molecule has 124 valence electrons. The molecule has 1 aliphatic heterocycles. The molecule has 4 nitrogen and oxygen atoms in total. The van der Waals surface area contributed by atoms with Crippen molar-refractivity contribution in [3.05, 3.63) is 0 Å². The van der Waals surface area contributed by atoms with Crippen LogP contribution in [0.4, 0.5) is 0 Å². The van der Waals surface area contributed by atoms with E-state index in [4.69, 9.17) is 0 Å². The van der Waals surface area contributed by atoms with Crippen molar-refractivity contribution in [2.75, 3.05) is 31.9 Å². The lowest BCUT2D eigenvalue weighted by Crippen LogP contribution is -2.42. The molecule has 1 heterocycles. The Labute approximate surface area is 130 Å².